The van der Waals surface area contributed by atoms with Crippen molar-refractivity contribution >= 4 is 22.9 Å². The first-order chi connectivity index (χ1) is 46.0. The molecule has 7 aromatic rings. The molecule has 0 aliphatic heterocycles. The van der Waals surface area contributed by atoms with Gasteiger partial charge in [-0.3, -0.25) is 9.59 Å². The molecular weight excluding hydrogens is 1250 g/mol. The van der Waals surface area contributed by atoms with E-state index in [2.05, 4.69) is 227 Å². The number of nitroso groups, excluding NO2 is 2. The zero-order valence-electron chi connectivity index (χ0n) is 66.9. The molecule has 0 aromatic heterocycles. The summed E-state index contributed by atoms with van der Waals surface area (Å²) in [5, 5.41) is 38.2. The Morgan fingerprint density at radius 2 is 0.574 bits per heavy atom. The monoisotopic (exact) mass is 1370 g/mol. The highest BCUT2D eigenvalue weighted by molar-refractivity contribution is 6.49. The first-order valence-electron chi connectivity index (χ1n) is 36.1. The first-order valence-corrected chi connectivity index (χ1v) is 36.1. The van der Waals surface area contributed by atoms with Crippen molar-refractivity contribution in [1.82, 2.24) is 0 Å². The van der Waals surface area contributed by atoms with Gasteiger partial charge in [-0.15, -0.1) is 9.81 Å². The minimum absolute atomic E-state index is 0.0239. The van der Waals surface area contributed by atoms with Crippen molar-refractivity contribution in [3.8, 4) is 17.2 Å². The number of phenols is 3. The van der Waals surface area contributed by atoms with E-state index in [-0.39, 0.29) is 77.4 Å². The Balaban J connectivity index is 0.000000243. The van der Waals surface area contributed by atoms with Gasteiger partial charge in [0.2, 0.25) is 11.6 Å². The van der Waals surface area contributed by atoms with Gasteiger partial charge in [0, 0.05) is 43.9 Å². The number of Topliss-reactive ketones (excluding diaryl/α,β-unsaturated/α-hetero) is 1. The van der Waals surface area contributed by atoms with Crippen molar-refractivity contribution < 1.29 is 24.9 Å². The highest BCUT2D eigenvalue weighted by Gasteiger charge is 2.41. The van der Waals surface area contributed by atoms with E-state index in [1.165, 1.54) is 11.1 Å². The van der Waals surface area contributed by atoms with Crippen LogP contribution in [0.4, 0.5) is 11.4 Å². The molecule has 101 heavy (non-hydrogen) atoms. The van der Waals surface area contributed by atoms with Crippen molar-refractivity contribution in [2.75, 3.05) is 0 Å². The standard InChI is InChI=1S/2C23H31NO2.C23H30O2.C23H32O/c2*1-21(2,3)15-22(4,5)17-13-18(20(25)19(14-17)24-26)23(6,7)16-11-9-8-10-12-16;1-21(2,3)15-22(4,5)17-13-18(20(25)19(24)14-17)23(6,7)16-11-9-8-10-12-16;1-21(2,3)16-22(4,5)18-13-14-20(24)19(15-18)23(6,7)17-11-9-8-10-12-17/h2*8-14,25H,15H2,1-7H3;8-14H,15H2,1-7H3;8-15,24H,16H2,1-7H3. The summed E-state index contributed by atoms with van der Waals surface area (Å²) in [4.78, 5) is 47.9. The second-order valence-corrected chi connectivity index (χ2v) is 38.0. The van der Waals surface area contributed by atoms with Gasteiger partial charge >= 0.3 is 0 Å². The number of phenolic OH excluding ortho intramolecular Hbond substituents is 3. The van der Waals surface area contributed by atoms with Crippen LogP contribution in [-0.2, 0) is 47.5 Å². The largest absolute Gasteiger partial charge is 0.508 e. The first kappa shape index (κ1) is 83.6. The van der Waals surface area contributed by atoms with Crippen molar-refractivity contribution in [2.24, 2.45) is 37.4 Å². The summed E-state index contributed by atoms with van der Waals surface area (Å²) in [6.07, 6.45) is 7.43. The van der Waals surface area contributed by atoms with Crippen LogP contribution in [0.1, 0.15) is 275 Å². The summed E-state index contributed by atoms with van der Waals surface area (Å²) in [7, 11) is 0. The number of ketones is 2. The molecule has 9 nitrogen and oxygen atoms in total. The maximum absolute atomic E-state index is 12.6. The molecule has 544 valence electrons. The fourth-order valence-electron chi connectivity index (χ4n) is 15.8. The number of hydrogen-bond donors (Lipinski definition) is 3. The summed E-state index contributed by atoms with van der Waals surface area (Å²) in [6.45, 7) is 60.9. The Morgan fingerprint density at radius 3 is 0.881 bits per heavy atom. The molecule has 3 N–H and O–H groups in total. The Labute approximate surface area is 609 Å². The van der Waals surface area contributed by atoms with Gasteiger partial charge < -0.3 is 15.3 Å². The van der Waals surface area contributed by atoms with Gasteiger partial charge in [0.25, 0.3) is 0 Å². The van der Waals surface area contributed by atoms with E-state index in [0.717, 1.165) is 75.8 Å². The predicted octanol–water partition coefficient (Wildman–Crippen LogP) is 25.5. The molecule has 9 heteroatoms. The van der Waals surface area contributed by atoms with Gasteiger partial charge in [-0.2, -0.15) is 0 Å². The molecule has 0 amide bonds. The number of carbonyl (C=O) groups excluding carboxylic acids is 2. The van der Waals surface area contributed by atoms with Crippen LogP contribution in [0, 0.1) is 36.9 Å². The molecule has 7 aromatic carbocycles. The van der Waals surface area contributed by atoms with E-state index < -0.39 is 22.0 Å². The van der Waals surface area contributed by atoms with Crippen LogP contribution in [0.2, 0.25) is 0 Å². The van der Waals surface area contributed by atoms with Gasteiger partial charge in [-0.25, -0.2) is 0 Å². The van der Waals surface area contributed by atoms with Crippen LogP contribution in [0.3, 0.4) is 0 Å². The number of benzene rings is 7. The van der Waals surface area contributed by atoms with E-state index in [9.17, 15) is 34.7 Å². The smallest absolute Gasteiger partial charge is 0.229 e. The minimum atomic E-state index is -0.509. The van der Waals surface area contributed by atoms with Crippen molar-refractivity contribution in [1.29, 1.82) is 0 Å². The minimum Gasteiger partial charge on any atom is -0.508 e. The second-order valence-electron chi connectivity index (χ2n) is 38.0. The lowest BCUT2D eigenvalue weighted by Gasteiger charge is -2.36. The van der Waals surface area contributed by atoms with Crippen molar-refractivity contribution in [3.05, 3.63) is 253 Å². The topological polar surface area (TPSA) is 154 Å². The van der Waals surface area contributed by atoms with Crippen LogP contribution in [0.25, 0.3) is 0 Å². The van der Waals surface area contributed by atoms with Crippen LogP contribution in [0.15, 0.2) is 197 Å². The number of aromatic hydroxyl groups is 3. The molecule has 0 radical (unpaired) electrons. The number of hydrogen-bond acceptors (Lipinski definition) is 9. The Bertz CT molecular complexity index is 3920. The normalized spacial score (nSPS) is 13.9. The average Bonchev–Trinajstić information content (AvgIpc) is 0.778. The van der Waals surface area contributed by atoms with Gasteiger partial charge in [-0.1, -0.05) is 346 Å². The molecule has 0 unspecified atom stereocenters. The summed E-state index contributed by atoms with van der Waals surface area (Å²) < 4.78 is 0. The lowest BCUT2D eigenvalue weighted by Crippen LogP contribution is -2.34. The molecule has 0 spiro atoms. The van der Waals surface area contributed by atoms with E-state index >= 15 is 0 Å². The number of rotatable bonds is 18. The van der Waals surface area contributed by atoms with Crippen LogP contribution >= 0.6 is 0 Å². The third-order valence-electron chi connectivity index (χ3n) is 20.1. The summed E-state index contributed by atoms with van der Waals surface area (Å²) in [5.41, 5.74) is 10.6. The Kier molecular flexibility index (Phi) is 25.9. The van der Waals surface area contributed by atoms with Crippen molar-refractivity contribution in [2.45, 2.75) is 257 Å². The number of nitrogens with zero attached hydrogens (tertiary/aromatic N) is 2. The van der Waals surface area contributed by atoms with E-state index in [0.29, 0.717) is 11.3 Å². The number of carbonyl (C=O) groups is 2. The molecule has 0 saturated heterocycles. The fourth-order valence-corrected chi connectivity index (χ4v) is 15.8. The molecule has 0 bridgehead atoms. The second kappa shape index (κ2) is 31.3. The zero-order chi connectivity index (χ0) is 76.7. The van der Waals surface area contributed by atoms with E-state index in [1.54, 1.807) is 18.2 Å². The van der Waals surface area contributed by atoms with Crippen molar-refractivity contribution in [3.63, 3.8) is 0 Å². The van der Waals surface area contributed by atoms with Crippen LogP contribution < -0.4 is 0 Å². The average molecular weight is 1370 g/mol. The van der Waals surface area contributed by atoms with Gasteiger partial charge in [0.15, 0.2) is 0 Å². The Hall–Kier alpha value is -8.04. The summed E-state index contributed by atoms with van der Waals surface area (Å²) in [6, 6.07) is 54.1. The zero-order valence-corrected chi connectivity index (χ0v) is 66.9. The lowest BCUT2D eigenvalue weighted by atomic mass is 9.67. The van der Waals surface area contributed by atoms with Crippen LogP contribution in [-0.4, -0.2) is 26.9 Å². The fraction of sp³-hybridized carbons (Fsp3) is 0.478. The third-order valence-corrected chi connectivity index (χ3v) is 20.1. The van der Waals surface area contributed by atoms with Gasteiger partial charge in [0.05, 0.1) is 0 Å². The lowest BCUT2D eigenvalue weighted by molar-refractivity contribution is -0.132. The summed E-state index contributed by atoms with van der Waals surface area (Å²) >= 11 is 0. The Morgan fingerprint density at radius 1 is 0.297 bits per heavy atom. The quantitative estimate of drug-likeness (QED) is 0.0439. The molecule has 0 fully saturated rings. The molecule has 8 rings (SSSR count). The number of allylic oxidation sites excluding steroid dienone is 4. The van der Waals surface area contributed by atoms with E-state index in [4.69, 9.17) is 0 Å². The predicted molar refractivity (Wildman–Crippen MR) is 426 cm³/mol. The van der Waals surface area contributed by atoms with E-state index in [1.807, 2.05) is 135 Å². The highest BCUT2D eigenvalue weighted by atomic mass is 16.3. The molecule has 0 heterocycles. The summed E-state index contributed by atoms with van der Waals surface area (Å²) in [5.74, 6) is -0.463. The molecule has 1 aliphatic carbocycles. The maximum Gasteiger partial charge on any atom is 0.229 e. The molecular formula is C92H124N2O7. The van der Waals surface area contributed by atoms with Gasteiger partial charge in [0.1, 0.15) is 28.6 Å². The third kappa shape index (κ3) is 21.8. The SMILES string of the molecule is CC(C)(C)CC(C)(C)C1=CC(=O)C(=O)C(C(C)(C)c2ccccc2)=C1.CC(C)(C)CC(C)(C)c1cc(N=O)c(O)c(C(C)(C)c2ccccc2)c1.CC(C)(C)CC(C)(C)c1cc(N=O)c(O)c(C(C)(C)c2ccccc2)c1.CC(C)(C)CC(C)(C)c1ccc(O)c(C(C)(C)c2ccccc2)c1. The van der Waals surface area contributed by atoms with Gasteiger partial charge in [-0.05, 0) is 148 Å². The van der Waals surface area contributed by atoms with Crippen LogP contribution in [0.5, 0.6) is 17.2 Å². The molecule has 0 saturated carbocycles. The highest BCUT2D eigenvalue weighted by Crippen LogP contribution is 2.50. The maximum atomic E-state index is 12.6. The molecule has 1 aliphatic rings. The molecule has 0 atom stereocenters.